The lowest BCUT2D eigenvalue weighted by Crippen LogP contribution is -2.39. The first-order valence-electron chi connectivity index (χ1n) is 8.56. The van der Waals surface area contributed by atoms with Crippen molar-refractivity contribution in [3.8, 4) is 5.75 Å². The van der Waals surface area contributed by atoms with E-state index in [4.69, 9.17) is 9.84 Å². The lowest BCUT2D eigenvalue weighted by molar-refractivity contribution is -0.139. The second kappa shape index (κ2) is 7.69. The fraction of sp³-hybridized carbons (Fsp3) is 0.579. The molecule has 1 aliphatic rings. The van der Waals surface area contributed by atoms with Crippen LogP contribution in [0.2, 0.25) is 0 Å². The Hall–Kier alpha value is -2.04. The van der Waals surface area contributed by atoms with Crippen molar-refractivity contribution in [3.63, 3.8) is 0 Å². The number of benzene rings is 1. The molecule has 0 aromatic heterocycles. The van der Waals surface area contributed by atoms with Crippen molar-refractivity contribution in [2.75, 3.05) is 13.2 Å². The molecule has 132 valence electrons. The number of likely N-dealkylation sites (tertiary alicyclic amines) is 1. The third-order valence-electron chi connectivity index (χ3n) is 4.67. The van der Waals surface area contributed by atoms with Gasteiger partial charge in [-0.05, 0) is 62.8 Å². The molecule has 24 heavy (non-hydrogen) atoms. The molecule has 1 N–H and O–H groups in total. The third kappa shape index (κ3) is 4.28. The van der Waals surface area contributed by atoms with Crippen molar-refractivity contribution in [1.29, 1.82) is 0 Å². The van der Waals surface area contributed by atoms with E-state index in [9.17, 15) is 9.59 Å². The second-order valence-corrected chi connectivity index (χ2v) is 6.96. The molecule has 0 spiro atoms. The first-order chi connectivity index (χ1) is 11.3. The Morgan fingerprint density at radius 3 is 2.42 bits per heavy atom. The van der Waals surface area contributed by atoms with E-state index in [1.807, 2.05) is 18.7 Å². The first kappa shape index (κ1) is 18.3. The largest absolute Gasteiger partial charge is 0.481 e. The maximum absolute atomic E-state index is 13.0. The van der Waals surface area contributed by atoms with Crippen molar-refractivity contribution >= 4 is 11.9 Å². The van der Waals surface area contributed by atoms with Gasteiger partial charge in [-0.15, -0.1) is 0 Å². The number of aryl methyl sites for hydroxylation is 2. The lowest BCUT2D eigenvalue weighted by atomic mass is 10.0. The van der Waals surface area contributed by atoms with Gasteiger partial charge < -0.3 is 14.7 Å². The predicted octanol–water partition coefficient (Wildman–Crippen LogP) is 3.42. The van der Waals surface area contributed by atoms with E-state index in [1.54, 1.807) is 12.1 Å². The van der Waals surface area contributed by atoms with Crippen LogP contribution in [0.5, 0.6) is 5.75 Å². The summed E-state index contributed by atoms with van der Waals surface area (Å²) in [6.45, 7) is 8.40. The van der Waals surface area contributed by atoms with Crippen LogP contribution in [0.25, 0.3) is 0 Å². The quantitative estimate of drug-likeness (QED) is 0.917. The Kier molecular flexibility index (Phi) is 5.86. The van der Waals surface area contributed by atoms with Crippen molar-refractivity contribution in [1.82, 2.24) is 4.90 Å². The average molecular weight is 333 g/mol. The van der Waals surface area contributed by atoms with Crippen molar-refractivity contribution in [2.45, 2.75) is 53.0 Å². The molecule has 1 aromatic carbocycles. The maximum Gasteiger partial charge on any atom is 0.341 e. The lowest BCUT2D eigenvalue weighted by Gasteiger charge is -2.29. The molecule has 0 saturated carbocycles. The van der Waals surface area contributed by atoms with E-state index in [2.05, 4.69) is 13.8 Å². The number of carbonyl (C=O) groups excluding carboxylic acids is 1. The van der Waals surface area contributed by atoms with Gasteiger partial charge in [-0.3, -0.25) is 4.79 Å². The van der Waals surface area contributed by atoms with Crippen LogP contribution in [0.15, 0.2) is 12.1 Å². The summed E-state index contributed by atoms with van der Waals surface area (Å²) in [5.41, 5.74) is 2.22. The predicted molar refractivity (Wildman–Crippen MR) is 92.6 cm³/mol. The summed E-state index contributed by atoms with van der Waals surface area (Å²) in [4.78, 5) is 25.6. The van der Waals surface area contributed by atoms with Gasteiger partial charge in [-0.2, -0.15) is 0 Å². The van der Waals surface area contributed by atoms with Gasteiger partial charge in [-0.25, -0.2) is 4.79 Å². The molecule has 2 rings (SSSR count). The van der Waals surface area contributed by atoms with Crippen LogP contribution < -0.4 is 4.74 Å². The van der Waals surface area contributed by atoms with Gasteiger partial charge in [-0.1, -0.05) is 13.3 Å². The van der Waals surface area contributed by atoms with Gasteiger partial charge in [0.25, 0.3) is 5.91 Å². The molecule has 0 bridgehead atoms. The number of carboxylic acid groups (broad SMARTS) is 1. The van der Waals surface area contributed by atoms with Gasteiger partial charge in [0, 0.05) is 18.2 Å². The Morgan fingerprint density at radius 1 is 1.21 bits per heavy atom. The molecule has 1 amide bonds. The average Bonchev–Trinajstić information content (AvgIpc) is 2.66. The van der Waals surface area contributed by atoms with Crippen LogP contribution in [-0.2, 0) is 4.79 Å². The van der Waals surface area contributed by atoms with Crippen molar-refractivity contribution in [2.24, 2.45) is 5.92 Å². The fourth-order valence-electron chi connectivity index (χ4n) is 3.41. The molecule has 1 saturated heterocycles. The minimum atomic E-state index is -1.01. The Labute approximate surface area is 143 Å². The van der Waals surface area contributed by atoms with Crippen molar-refractivity contribution < 1.29 is 19.4 Å². The molecule has 5 heteroatoms. The zero-order valence-corrected chi connectivity index (χ0v) is 15.0. The second-order valence-electron chi connectivity index (χ2n) is 6.96. The Morgan fingerprint density at radius 2 is 1.83 bits per heavy atom. The van der Waals surface area contributed by atoms with Gasteiger partial charge in [0.2, 0.25) is 0 Å². The SMILES string of the molecule is Cc1cc(C(=O)N2CC(C)CCCC2C)cc(C)c1OCC(=O)O. The minimum Gasteiger partial charge on any atom is -0.481 e. The normalized spacial score (nSPS) is 21.2. The summed E-state index contributed by atoms with van der Waals surface area (Å²) < 4.78 is 5.34. The van der Waals surface area contributed by atoms with Crippen LogP contribution in [-0.4, -0.2) is 41.1 Å². The van der Waals surface area contributed by atoms with Gasteiger partial charge in [0.05, 0.1) is 0 Å². The summed E-state index contributed by atoms with van der Waals surface area (Å²) in [5.74, 6) is 0.0964. The van der Waals surface area contributed by atoms with Crippen LogP contribution in [0.1, 0.15) is 54.6 Å². The molecule has 1 aliphatic heterocycles. The van der Waals surface area contributed by atoms with Gasteiger partial charge in [0.1, 0.15) is 5.75 Å². The monoisotopic (exact) mass is 333 g/mol. The number of hydrogen-bond donors (Lipinski definition) is 1. The Balaban J connectivity index is 2.24. The minimum absolute atomic E-state index is 0.0484. The number of nitrogens with zero attached hydrogens (tertiary/aromatic N) is 1. The van der Waals surface area contributed by atoms with Crippen LogP contribution in [0, 0.1) is 19.8 Å². The van der Waals surface area contributed by atoms with E-state index in [1.165, 1.54) is 0 Å². The first-order valence-corrected chi connectivity index (χ1v) is 8.56. The zero-order valence-electron chi connectivity index (χ0n) is 15.0. The van der Waals surface area contributed by atoms with E-state index < -0.39 is 5.97 Å². The molecular formula is C19H27NO4. The standard InChI is InChI=1S/C19H27NO4/c1-12-6-5-7-15(4)20(10-12)19(23)16-8-13(2)18(14(3)9-16)24-11-17(21)22/h8-9,12,15H,5-7,10-11H2,1-4H3,(H,21,22). The Bertz CT molecular complexity index is 603. The number of aliphatic carboxylic acids is 1. The highest BCUT2D eigenvalue weighted by atomic mass is 16.5. The fourth-order valence-corrected chi connectivity index (χ4v) is 3.41. The summed E-state index contributed by atoms with van der Waals surface area (Å²) in [7, 11) is 0. The third-order valence-corrected chi connectivity index (χ3v) is 4.67. The number of carbonyl (C=O) groups is 2. The number of carboxylic acids is 1. The molecule has 0 aliphatic carbocycles. The van der Waals surface area contributed by atoms with E-state index in [0.717, 1.165) is 36.9 Å². The molecule has 1 heterocycles. The summed E-state index contributed by atoms with van der Waals surface area (Å²) in [6.07, 6.45) is 3.36. The van der Waals surface area contributed by atoms with E-state index in [0.29, 0.717) is 17.2 Å². The highest BCUT2D eigenvalue weighted by molar-refractivity contribution is 5.95. The van der Waals surface area contributed by atoms with Crippen LogP contribution in [0.3, 0.4) is 0 Å². The number of hydrogen-bond acceptors (Lipinski definition) is 3. The summed E-state index contributed by atoms with van der Waals surface area (Å²) in [5, 5.41) is 8.76. The van der Waals surface area contributed by atoms with Gasteiger partial charge in [0.15, 0.2) is 6.61 Å². The molecule has 2 atom stereocenters. The highest BCUT2D eigenvalue weighted by Gasteiger charge is 2.26. The molecule has 0 radical (unpaired) electrons. The number of rotatable bonds is 4. The summed E-state index contributed by atoms with van der Waals surface area (Å²) >= 11 is 0. The summed E-state index contributed by atoms with van der Waals surface area (Å²) in [6, 6.07) is 3.84. The molecule has 2 unspecified atom stereocenters. The van der Waals surface area contributed by atoms with E-state index in [-0.39, 0.29) is 18.6 Å². The maximum atomic E-state index is 13.0. The van der Waals surface area contributed by atoms with Crippen molar-refractivity contribution in [3.05, 3.63) is 28.8 Å². The smallest absolute Gasteiger partial charge is 0.341 e. The topological polar surface area (TPSA) is 66.8 Å². The molecule has 1 fully saturated rings. The molecule has 5 nitrogen and oxygen atoms in total. The van der Waals surface area contributed by atoms with Crippen LogP contribution >= 0.6 is 0 Å². The number of ether oxygens (including phenoxy) is 1. The van der Waals surface area contributed by atoms with Crippen LogP contribution in [0.4, 0.5) is 0 Å². The zero-order chi connectivity index (χ0) is 17.9. The van der Waals surface area contributed by atoms with E-state index >= 15 is 0 Å². The van der Waals surface area contributed by atoms with Gasteiger partial charge >= 0.3 is 5.97 Å². The highest BCUT2D eigenvalue weighted by Crippen LogP contribution is 2.27. The molecular weight excluding hydrogens is 306 g/mol. The molecule has 1 aromatic rings. The number of amides is 1.